The van der Waals surface area contributed by atoms with Crippen molar-refractivity contribution in [3.05, 3.63) is 12.2 Å². The molecule has 2 aliphatic rings. The Balaban J connectivity index is 1.58. The summed E-state index contributed by atoms with van der Waals surface area (Å²) in [6.45, 7) is 2.29. The summed E-state index contributed by atoms with van der Waals surface area (Å²) in [7, 11) is 0. The Kier molecular flexibility index (Phi) is 9.35. The van der Waals surface area contributed by atoms with Gasteiger partial charge in [0.2, 0.25) is 0 Å². The Labute approximate surface area is 148 Å². The maximum absolute atomic E-state index is 12.1. The molecule has 0 atom stereocenters. The third-order valence-electron chi connectivity index (χ3n) is 6.79. The molecule has 0 aliphatic heterocycles. The van der Waals surface area contributed by atoms with Crippen molar-refractivity contribution in [1.29, 1.82) is 0 Å². The average Bonchev–Trinajstić information content (AvgIpc) is 2.60. The maximum Gasteiger partial charge on any atom is 0.266 e. The molecule has 0 amide bonds. The van der Waals surface area contributed by atoms with Crippen LogP contribution in [0.1, 0.15) is 103 Å². The maximum atomic E-state index is 12.1. The van der Waals surface area contributed by atoms with E-state index < -0.39 is 6.08 Å². The highest BCUT2D eigenvalue weighted by atomic mass is 19.3. The van der Waals surface area contributed by atoms with Crippen molar-refractivity contribution in [3.63, 3.8) is 0 Å². The molecule has 0 aromatic heterocycles. The van der Waals surface area contributed by atoms with Gasteiger partial charge >= 0.3 is 0 Å². The molecule has 0 saturated heterocycles. The molecule has 24 heavy (non-hydrogen) atoms. The Morgan fingerprint density at radius 2 is 1.29 bits per heavy atom. The summed E-state index contributed by atoms with van der Waals surface area (Å²) in [5, 5.41) is 0. The van der Waals surface area contributed by atoms with Crippen LogP contribution in [-0.4, -0.2) is 0 Å². The first-order chi connectivity index (χ1) is 11.7. The highest BCUT2D eigenvalue weighted by Crippen LogP contribution is 2.43. The molecule has 0 bridgehead atoms. The lowest BCUT2D eigenvalue weighted by Crippen LogP contribution is -2.25. The van der Waals surface area contributed by atoms with E-state index in [0.717, 1.165) is 30.3 Å². The van der Waals surface area contributed by atoms with E-state index in [4.69, 9.17) is 0 Å². The van der Waals surface area contributed by atoms with Gasteiger partial charge in [0.15, 0.2) is 0 Å². The molecular formula is C22H38F2. The van der Waals surface area contributed by atoms with Gasteiger partial charge in [-0.1, -0.05) is 64.7 Å². The largest absolute Gasteiger partial charge is 0.266 e. The summed E-state index contributed by atoms with van der Waals surface area (Å²) in [4.78, 5) is 0. The molecular weight excluding hydrogens is 302 g/mol. The fourth-order valence-electron chi connectivity index (χ4n) is 5.18. The zero-order chi connectivity index (χ0) is 17.2. The van der Waals surface area contributed by atoms with E-state index in [1.54, 1.807) is 0 Å². The molecule has 0 aromatic rings. The first kappa shape index (κ1) is 19.9. The minimum atomic E-state index is -1.50. The standard InChI is InChI=1S/C22H38F2/c1-2-3-4-5-7-18-10-14-20(15-11-18)21-16-12-19(13-17-21)8-6-9-22(23)24/h9,18-21H,2-8,10-17H2,1H3/t18-,19?,20-,21?. The second kappa shape index (κ2) is 11.3. The Morgan fingerprint density at radius 1 is 0.750 bits per heavy atom. The van der Waals surface area contributed by atoms with E-state index in [9.17, 15) is 8.78 Å². The number of hydrogen-bond donors (Lipinski definition) is 0. The fraction of sp³-hybridized carbons (Fsp3) is 0.909. The molecule has 0 N–H and O–H groups in total. The molecule has 0 unspecified atom stereocenters. The lowest BCUT2D eigenvalue weighted by molar-refractivity contribution is 0.140. The van der Waals surface area contributed by atoms with Gasteiger partial charge in [0, 0.05) is 0 Å². The Bertz CT molecular complexity index is 343. The van der Waals surface area contributed by atoms with E-state index in [1.165, 1.54) is 83.5 Å². The van der Waals surface area contributed by atoms with Crippen molar-refractivity contribution in [2.75, 3.05) is 0 Å². The van der Waals surface area contributed by atoms with Gasteiger partial charge in [-0.15, -0.1) is 0 Å². The molecule has 2 aliphatic carbocycles. The van der Waals surface area contributed by atoms with Gasteiger partial charge in [0.1, 0.15) is 0 Å². The van der Waals surface area contributed by atoms with Gasteiger partial charge in [0.25, 0.3) is 6.08 Å². The molecule has 0 nitrogen and oxygen atoms in total. The van der Waals surface area contributed by atoms with Gasteiger partial charge in [-0.2, -0.15) is 8.78 Å². The molecule has 2 heteroatoms. The highest BCUT2D eigenvalue weighted by molar-refractivity contribution is 4.85. The van der Waals surface area contributed by atoms with Crippen LogP contribution in [0.3, 0.4) is 0 Å². The summed E-state index contributed by atoms with van der Waals surface area (Å²) in [6, 6.07) is 0. The molecule has 140 valence electrons. The van der Waals surface area contributed by atoms with Crippen molar-refractivity contribution in [2.45, 2.75) is 103 Å². The average molecular weight is 341 g/mol. The van der Waals surface area contributed by atoms with Gasteiger partial charge in [-0.25, -0.2) is 0 Å². The quantitative estimate of drug-likeness (QED) is 0.372. The second-order valence-electron chi connectivity index (χ2n) is 8.48. The lowest BCUT2D eigenvalue weighted by atomic mass is 9.68. The van der Waals surface area contributed by atoms with Crippen molar-refractivity contribution in [1.82, 2.24) is 0 Å². The van der Waals surface area contributed by atoms with Crippen molar-refractivity contribution in [2.24, 2.45) is 23.7 Å². The smallest absolute Gasteiger partial charge is 0.174 e. The van der Waals surface area contributed by atoms with E-state index in [2.05, 4.69) is 6.92 Å². The first-order valence-electron chi connectivity index (χ1n) is 10.7. The molecule has 0 spiro atoms. The van der Waals surface area contributed by atoms with E-state index in [-0.39, 0.29) is 0 Å². The molecule has 2 rings (SSSR count). The first-order valence-corrected chi connectivity index (χ1v) is 10.7. The number of hydrogen-bond acceptors (Lipinski definition) is 0. The minimum Gasteiger partial charge on any atom is -0.174 e. The van der Waals surface area contributed by atoms with E-state index >= 15 is 0 Å². The number of unbranched alkanes of at least 4 members (excludes halogenated alkanes) is 3. The van der Waals surface area contributed by atoms with Crippen LogP contribution in [0.25, 0.3) is 0 Å². The van der Waals surface area contributed by atoms with Crippen LogP contribution in [0.15, 0.2) is 12.2 Å². The highest BCUT2D eigenvalue weighted by Gasteiger charge is 2.30. The van der Waals surface area contributed by atoms with Gasteiger partial charge in [0.05, 0.1) is 0 Å². The van der Waals surface area contributed by atoms with Crippen molar-refractivity contribution >= 4 is 0 Å². The van der Waals surface area contributed by atoms with Gasteiger partial charge < -0.3 is 0 Å². The summed E-state index contributed by atoms with van der Waals surface area (Å²) < 4.78 is 24.2. The van der Waals surface area contributed by atoms with Crippen LogP contribution in [0.5, 0.6) is 0 Å². The van der Waals surface area contributed by atoms with Gasteiger partial charge in [-0.3, -0.25) is 0 Å². The normalized spacial score (nSPS) is 31.0. The summed E-state index contributed by atoms with van der Waals surface area (Å²) >= 11 is 0. The number of rotatable bonds is 9. The van der Waals surface area contributed by atoms with Crippen LogP contribution in [0, 0.1) is 23.7 Å². The zero-order valence-electron chi connectivity index (χ0n) is 15.7. The third kappa shape index (κ3) is 7.23. The predicted molar refractivity (Wildman–Crippen MR) is 99.2 cm³/mol. The molecule has 0 aromatic carbocycles. The van der Waals surface area contributed by atoms with Crippen LogP contribution >= 0.6 is 0 Å². The topological polar surface area (TPSA) is 0 Å². The second-order valence-corrected chi connectivity index (χ2v) is 8.48. The molecule has 2 saturated carbocycles. The summed E-state index contributed by atoms with van der Waals surface area (Å²) in [5.41, 5.74) is 0. The van der Waals surface area contributed by atoms with E-state index in [1.807, 2.05) is 0 Å². The third-order valence-corrected chi connectivity index (χ3v) is 6.79. The monoisotopic (exact) mass is 340 g/mol. The molecule has 0 heterocycles. The van der Waals surface area contributed by atoms with Crippen LogP contribution < -0.4 is 0 Å². The van der Waals surface area contributed by atoms with Crippen LogP contribution in [-0.2, 0) is 0 Å². The van der Waals surface area contributed by atoms with Crippen molar-refractivity contribution < 1.29 is 8.78 Å². The summed E-state index contributed by atoms with van der Waals surface area (Å²) in [5.74, 6) is 3.63. The Hall–Kier alpha value is -0.400. The Morgan fingerprint density at radius 3 is 1.79 bits per heavy atom. The fourth-order valence-corrected chi connectivity index (χ4v) is 5.18. The van der Waals surface area contributed by atoms with Crippen LogP contribution in [0.4, 0.5) is 8.78 Å². The molecule has 2 fully saturated rings. The van der Waals surface area contributed by atoms with Crippen LogP contribution in [0.2, 0.25) is 0 Å². The SMILES string of the molecule is CCCCCC[C@H]1CC[C@H](C2CCC(CCC=C(F)F)CC2)CC1. The van der Waals surface area contributed by atoms with Gasteiger partial charge in [-0.05, 0) is 68.3 Å². The predicted octanol–water partition coefficient (Wildman–Crippen LogP) is 8.13. The molecule has 0 radical (unpaired) electrons. The zero-order valence-corrected chi connectivity index (χ0v) is 15.7. The van der Waals surface area contributed by atoms with Crippen molar-refractivity contribution in [3.8, 4) is 0 Å². The number of halogens is 2. The lowest BCUT2D eigenvalue weighted by Gasteiger charge is -2.38. The number of allylic oxidation sites excluding steroid dienone is 1. The minimum absolute atomic E-state index is 0.570. The summed E-state index contributed by atoms with van der Waals surface area (Å²) in [6.07, 6.45) is 19.4. The van der Waals surface area contributed by atoms with E-state index in [0.29, 0.717) is 12.3 Å².